The zero-order chi connectivity index (χ0) is 13.8. The number of ketones is 1. The number of hydrogen-bond donors (Lipinski definition) is 0. The van der Waals surface area contributed by atoms with Crippen molar-refractivity contribution in [3.05, 3.63) is 59.4 Å². The van der Waals surface area contributed by atoms with E-state index in [-0.39, 0.29) is 28.4 Å². The highest BCUT2D eigenvalue weighted by Crippen LogP contribution is 2.30. The monoisotopic (exact) mass is 263 g/mol. The first-order valence-electron chi connectivity index (χ1n) is 5.55. The molecule has 0 fully saturated rings. The van der Waals surface area contributed by atoms with E-state index in [2.05, 4.69) is 4.98 Å². The Labute approximate surface area is 108 Å². The lowest BCUT2D eigenvalue weighted by atomic mass is 10.0. The highest BCUT2D eigenvalue weighted by atomic mass is 19.3. The molecule has 5 heteroatoms. The van der Waals surface area contributed by atoms with Crippen LogP contribution in [0.4, 0.5) is 8.78 Å². The fraction of sp³-hybridized carbons (Fsp3) is 0.143. The van der Waals surface area contributed by atoms with Crippen LogP contribution in [0, 0.1) is 0 Å². The molecule has 3 nitrogen and oxygen atoms in total. The lowest BCUT2D eigenvalue weighted by molar-refractivity contribution is 0.103. The summed E-state index contributed by atoms with van der Waals surface area (Å²) in [5.41, 5.74) is 0.286. The first-order chi connectivity index (χ1) is 9.13. The van der Waals surface area contributed by atoms with Gasteiger partial charge in [-0.25, -0.2) is 8.78 Å². The van der Waals surface area contributed by atoms with Gasteiger partial charge in [-0.2, -0.15) is 0 Å². The number of benzene rings is 1. The largest absolute Gasteiger partial charge is 0.496 e. The van der Waals surface area contributed by atoms with E-state index in [9.17, 15) is 13.6 Å². The summed E-state index contributed by atoms with van der Waals surface area (Å²) in [6.45, 7) is 0. The Morgan fingerprint density at radius 3 is 2.63 bits per heavy atom. The van der Waals surface area contributed by atoms with E-state index < -0.39 is 6.43 Å². The molecule has 0 bridgehead atoms. The zero-order valence-corrected chi connectivity index (χ0v) is 10.1. The second kappa shape index (κ2) is 5.56. The molecule has 0 spiro atoms. The van der Waals surface area contributed by atoms with Crippen LogP contribution in [0.3, 0.4) is 0 Å². The van der Waals surface area contributed by atoms with Crippen LogP contribution < -0.4 is 4.74 Å². The smallest absolute Gasteiger partial charge is 0.267 e. The van der Waals surface area contributed by atoms with Crippen molar-refractivity contribution in [2.24, 2.45) is 0 Å². The molecule has 98 valence electrons. The average molecular weight is 263 g/mol. The van der Waals surface area contributed by atoms with Crippen LogP contribution in [-0.4, -0.2) is 17.9 Å². The summed E-state index contributed by atoms with van der Waals surface area (Å²) in [7, 11) is 1.29. The second-order valence-electron chi connectivity index (χ2n) is 3.80. The van der Waals surface area contributed by atoms with Crippen molar-refractivity contribution in [1.29, 1.82) is 0 Å². The van der Waals surface area contributed by atoms with Crippen LogP contribution in [0.5, 0.6) is 5.75 Å². The number of halogens is 2. The molecule has 0 amide bonds. The van der Waals surface area contributed by atoms with Gasteiger partial charge in [0.2, 0.25) is 5.78 Å². The van der Waals surface area contributed by atoms with Crippen LogP contribution in [0.15, 0.2) is 42.6 Å². The Bertz CT molecular complexity index is 585. The van der Waals surface area contributed by atoms with Crippen molar-refractivity contribution in [3.8, 4) is 5.75 Å². The molecule has 0 radical (unpaired) electrons. The molecule has 1 aromatic heterocycles. The Hall–Kier alpha value is -2.30. The molecular formula is C14H11F2NO2. The summed E-state index contributed by atoms with van der Waals surface area (Å²) < 4.78 is 30.3. The second-order valence-corrected chi connectivity index (χ2v) is 3.80. The van der Waals surface area contributed by atoms with Crippen molar-refractivity contribution in [3.63, 3.8) is 0 Å². The standard InChI is InChI=1S/C14H11F2NO2/c1-19-12-8-9(5-6-10(12)14(15)16)13(18)11-4-2-3-7-17-11/h2-8,14H,1H3. The fourth-order valence-electron chi connectivity index (χ4n) is 1.68. The van der Waals surface area contributed by atoms with E-state index in [1.54, 1.807) is 18.2 Å². The van der Waals surface area contributed by atoms with Gasteiger partial charge in [0.05, 0.1) is 12.7 Å². The summed E-state index contributed by atoms with van der Waals surface area (Å²) in [4.78, 5) is 16.0. The van der Waals surface area contributed by atoms with E-state index in [1.807, 2.05) is 0 Å². The molecule has 2 rings (SSSR count). The van der Waals surface area contributed by atoms with Gasteiger partial charge < -0.3 is 4.74 Å². The van der Waals surface area contributed by atoms with Crippen molar-refractivity contribution < 1.29 is 18.3 Å². The Balaban J connectivity index is 2.39. The van der Waals surface area contributed by atoms with Crippen LogP contribution in [-0.2, 0) is 0 Å². The molecule has 0 aliphatic rings. The third-order valence-electron chi connectivity index (χ3n) is 2.63. The van der Waals surface area contributed by atoms with Gasteiger partial charge in [0.1, 0.15) is 11.4 Å². The molecule has 0 saturated heterocycles. The van der Waals surface area contributed by atoms with Crippen molar-refractivity contribution in [1.82, 2.24) is 4.98 Å². The molecular weight excluding hydrogens is 252 g/mol. The molecule has 0 atom stereocenters. The highest BCUT2D eigenvalue weighted by Gasteiger charge is 2.17. The topological polar surface area (TPSA) is 39.2 Å². The molecule has 19 heavy (non-hydrogen) atoms. The maximum Gasteiger partial charge on any atom is 0.267 e. The van der Waals surface area contributed by atoms with E-state index in [0.29, 0.717) is 0 Å². The summed E-state index contributed by atoms with van der Waals surface area (Å²) >= 11 is 0. The number of ether oxygens (including phenoxy) is 1. The minimum Gasteiger partial charge on any atom is -0.496 e. The Morgan fingerprint density at radius 2 is 2.05 bits per heavy atom. The number of rotatable bonds is 4. The third-order valence-corrected chi connectivity index (χ3v) is 2.63. The molecule has 0 N–H and O–H groups in total. The molecule has 0 unspecified atom stereocenters. The van der Waals surface area contributed by atoms with E-state index in [4.69, 9.17) is 4.74 Å². The lowest BCUT2D eigenvalue weighted by Crippen LogP contribution is -2.05. The van der Waals surface area contributed by atoms with Crippen molar-refractivity contribution in [2.75, 3.05) is 7.11 Å². The average Bonchev–Trinajstić information content (AvgIpc) is 2.46. The lowest BCUT2D eigenvalue weighted by Gasteiger charge is -2.09. The maximum absolute atomic E-state index is 12.7. The Kier molecular flexibility index (Phi) is 3.85. The number of carbonyl (C=O) groups excluding carboxylic acids is 1. The predicted molar refractivity (Wildman–Crippen MR) is 65.6 cm³/mol. The van der Waals surface area contributed by atoms with Gasteiger partial charge >= 0.3 is 0 Å². The van der Waals surface area contributed by atoms with Crippen LogP contribution in [0.2, 0.25) is 0 Å². The van der Waals surface area contributed by atoms with Gasteiger partial charge in [-0.3, -0.25) is 9.78 Å². The SMILES string of the molecule is COc1cc(C(=O)c2ccccn2)ccc1C(F)F. The van der Waals surface area contributed by atoms with Crippen LogP contribution in [0.1, 0.15) is 28.0 Å². The van der Waals surface area contributed by atoms with E-state index >= 15 is 0 Å². The third kappa shape index (κ3) is 2.76. The molecule has 1 aromatic carbocycles. The minimum absolute atomic E-state index is 0.00298. The van der Waals surface area contributed by atoms with Crippen LogP contribution in [0.25, 0.3) is 0 Å². The van der Waals surface area contributed by atoms with Crippen molar-refractivity contribution >= 4 is 5.78 Å². The van der Waals surface area contributed by atoms with Gasteiger partial charge in [-0.15, -0.1) is 0 Å². The number of aromatic nitrogens is 1. The summed E-state index contributed by atoms with van der Waals surface area (Å²) in [5.74, 6) is -0.337. The minimum atomic E-state index is -2.64. The summed E-state index contributed by atoms with van der Waals surface area (Å²) in [6.07, 6.45) is -1.15. The quantitative estimate of drug-likeness (QED) is 0.795. The molecule has 0 aliphatic heterocycles. The number of nitrogens with zero attached hydrogens (tertiary/aromatic N) is 1. The number of hydrogen-bond acceptors (Lipinski definition) is 3. The Morgan fingerprint density at radius 1 is 1.26 bits per heavy atom. The number of alkyl halides is 2. The molecule has 1 heterocycles. The first-order valence-corrected chi connectivity index (χ1v) is 5.55. The number of carbonyl (C=O) groups is 1. The van der Waals surface area contributed by atoms with Gasteiger partial charge in [0.25, 0.3) is 6.43 Å². The van der Waals surface area contributed by atoms with Gasteiger partial charge in [-0.1, -0.05) is 12.1 Å². The molecule has 2 aromatic rings. The van der Waals surface area contributed by atoms with Gasteiger partial charge in [0.15, 0.2) is 0 Å². The fourth-order valence-corrected chi connectivity index (χ4v) is 1.68. The summed E-state index contributed by atoms with van der Waals surface area (Å²) in [6, 6.07) is 8.79. The molecule has 0 saturated carbocycles. The van der Waals surface area contributed by atoms with Crippen LogP contribution >= 0.6 is 0 Å². The van der Waals surface area contributed by atoms with E-state index in [1.165, 1.54) is 31.5 Å². The first kappa shape index (κ1) is 13.1. The number of pyridine rings is 1. The van der Waals surface area contributed by atoms with E-state index in [0.717, 1.165) is 0 Å². The molecule has 0 aliphatic carbocycles. The number of methoxy groups -OCH3 is 1. The van der Waals surface area contributed by atoms with Crippen molar-refractivity contribution in [2.45, 2.75) is 6.43 Å². The predicted octanol–water partition coefficient (Wildman–Crippen LogP) is 3.26. The summed E-state index contributed by atoms with van der Waals surface area (Å²) in [5, 5.41) is 0. The normalized spacial score (nSPS) is 10.5. The van der Waals surface area contributed by atoms with Gasteiger partial charge in [-0.05, 0) is 24.3 Å². The maximum atomic E-state index is 12.7. The highest BCUT2D eigenvalue weighted by molar-refractivity contribution is 6.07. The van der Waals surface area contributed by atoms with Gasteiger partial charge in [0, 0.05) is 11.8 Å². The zero-order valence-electron chi connectivity index (χ0n) is 10.1.